The highest BCUT2D eigenvalue weighted by Crippen LogP contribution is 1.99. The Kier molecular flexibility index (Phi) is 4.13. The molecule has 0 bridgehead atoms. The fourth-order valence-electron chi connectivity index (χ4n) is 1.65. The van der Waals surface area contributed by atoms with Gasteiger partial charge in [-0.15, -0.1) is 5.10 Å². The molecule has 2 rings (SSSR count). The van der Waals surface area contributed by atoms with Gasteiger partial charge in [-0.1, -0.05) is 0 Å². The fraction of sp³-hybridized carbons (Fsp3) is 0.500. The quantitative estimate of drug-likeness (QED) is 0.597. The Morgan fingerprint density at radius 3 is 2.94 bits per heavy atom. The second-order valence-electron chi connectivity index (χ2n) is 3.82. The van der Waals surface area contributed by atoms with E-state index < -0.39 is 11.8 Å². The zero-order valence-electron chi connectivity index (χ0n) is 9.80. The van der Waals surface area contributed by atoms with Crippen LogP contribution in [-0.2, 0) is 9.59 Å². The first-order valence-corrected chi connectivity index (χ1v) is 5.72. The van der Waals surface area contributed by atoms with Crippen molar-refractivity contribution in [3.8, 4) is 0 Å². The monoisotopic (exact) mass is 250 g/mol. The molecule has 1 saturated heterocycles. The van der Waals surface area contributed by atoms with Crippen molar-refractivity contribution >= 4 is 17.8 Å². The molecule has 18 heavy (non-hydrogen) atoms. The molecule has 0 saturated carbocycles. The van der Waals surface area contributed by atoms with Crippen LogP contribution in [-0.4, -0.2) is 58.1 Å². The molecule has 8 nitrogen and oxygen atoms in total. The van der Waals surface area contributed by atoms with Gasteiger partial charge in [-0.25, -0.2) is 4.98 Å². The van der Waals surface area contributed by atoms with E-state index in [4.69, 9.17) is 0 Å². The van der Waals surface area contributed by atoms with Crippen molar-refractivity contribution in [1.29, 1.82) is 0 Å². The molecule has 8 heteroatoms. The van der Waals surface area contributed by atoms with E-state index in [0.717, 1.165) is 13.0 Å². The summed E-state index contributed by atoms with van der Waals surface area (Å²) in [4.78, 5) is 28.9. The third-order valence-corrected chi connectivity index (χ3v) is 2.53. The summed E-state index contributed by atoms with van der Waals surface area (Å²) in [6, 6.07) is 0. The number of hydrogen-bond donors (Lipinski definition) is 2. The molecule has 0 spiro atoms. The summed E-state index contributed by atoms with van der Waals surface area (Å²) >= 11 is 0. The van der Waals surface area contributed by atoms with Crippen molar-refractivity contribution in [2.75, 3.05) is 31.5 Å². The van der Waals surface area contributed by atoms with Crippen LogP contribution in [0.1, 0.15) is 6.42 Å². The van der Waals surface area contributed by atoms with Gasteiger partial charge in [-0.3, -0.25) is 14.9 Å². The number of rotatable bonds is 1. The van der Waals surface area contributed by atoms with Gasteiger partial charge in [-0.2, -0.15) is 5.10 Å². The minimum Gasteiger partial charge on any atom is -0.333 e. The maximum atomic E-state index is 11.9. The summed E-state index contributed by atoms with van der Waals surface area (Å²) in [5.41, 5.74) is 0. The van der Waals surface area contributed by atoms with Crippen LogP contribution in [0.4, 0.5) is 5.95 Å². The first-order valence-electron chi connectivity index (χ1n) is 5.72. The number of carbonyl (C=O) groups is 2. The maximum Gasteiger partial charge on any atom is 0.316 e. The lowest BCUT2D eigenvalue weighted by atomic mass is 10.3. The van der Waals surface area contributed by atoms with Gasteiger partial charge in [0, 0.05) is 19.6 Å². The van der Waals surface area contributed by atoms with E-state index >= 15 is 0 Å². The Morgan fingerprint density at radius 2 is 2.17 bits per heavy atom. The summed E-state index contributed by atoms with van der Waals surface area (Å²) < 4.78 is 0. The first-order chi connectivity index (χ1) is 8.77. The van der Waals surface area contributed by atoms with Gasteiger partial charge in [0.1, 0.15) is 0 Å². The molecule has 1 aliphatic rings. The highest BCUT2D eigenvalue weighted by atomic mass is 16.2. The van der Waals surface area contributed by atoms with Gasteiger partial charge in [0.05, 0.1) is 12.4 Å². The molecular weight excluding hydrogens is 236 g/mol. The van der Waals surface area contributed by atoms with Crippen LogP contribution in [0.2, 0.25) is 0 Å². The summed E-state index contributed by atoms with van der Waals surface area (Å²) in [6.45, 7) is 2.66. The molecule has 1 aromatic rings. The second kappa shape index (κ2) is 6.01. The van der Waals surface area contributed by atoms with Crippen molar-refractivity contribution in [2.45, 2.75) is 6.42 Å². The average molecular weight is 250 g/mol. The second-order valence-corrected chi connectivity index (χ2v) is 3.82. The molecule has 0 atom stereocenters. The third-order valence-electron chi connectivity index (χ3n) is 2.53. The summed E-state index contributed by atoms with van der Waals surface area (Å²) in [6.07, 6.45) is 3.61. The zero-order chi connectivity index (χ0) is 12.8. The van der Waals surface area contributed by atoms with Gasteiger partial charge in [0.2, 0.25) is 5.95 Å². The van der Waals surface area contributed by atoms with Gasteiger partial charge in [-0.05, 0) is 13.0 Å². The molecule has 1 aliphatic heterocycles. The minimum absolute atomic E-state index is 0.0313. The lowest BCUT2D eigenvalue weighted by molar-refractivity contribution is -0.143. The summed E-state index contributed by atoms with van der Waals surface area (Å²) in [7, 11) is 0. The van der Waals surface area contributed by atoms with Crippen LogP contribution in [0.25, 0.3) is 0 Å². The summed E-state index contributed by atoms with van der Waals surface area (Å²) in [5.74, 6) is -1.26. The zero-order valence-corrected chi connectivity index (χ0v) is 9.80. The van der Waals surface area contributed by atoms with E-state index in [9.17, 15) is 9.59 Å². The Bertz CT molecular complexity index is 416. The largest absolute Gasteiger partial charge is 0.333 e. The maximum absolute atomic E-state index is 11.9. The van der Waals surface area contributed by atoms with Crippen molar-refractivity contribution in [2.24, 2.45) is 0 Å². The molecule has 1 aromatic heterocycles. The van der Waals surface area contributed by atoms with E-state index in [1.807, 2.05) is 0 Å². The highest BCUT2D eigenvalue weighted by Gasteiger charge is 2.23. The topological polar surface area (TPSA) is 100 Å². The number of anilines is 1. The molecule has 2 heterocycles. The van der Waals surface area contributed by atoms with E-state index in [0.29, 0.717) is 19.6 Å². The Balaban J connectivity index is 1.93. The SMILES string of the molecule is O=C(Nc1nccnn1)C(=O)N1CCCNCC1. The van der Waals surface area contributed by atoms with Crippen LogP contribution in [0.3, 0.4) is 0 Å². The molecule has 0 radical (unpaired) electrons. The lowest BCUT2D eigenvalue weighted by Gasteiger charge is -2.18. The smallest absolute Gasteiger partial charge is 0.316 e. The normalized spacial score (nSPS) is 15.9. The van der Waals surface area contributed by atoms with Crippen molar-refractivity contribution in [3.63, 3.8) is 0 Å². The van der Waals surface area contributed by atoms with Crippen LogP contribution >= 0.6 is 0 Å². The van der Waals surface area contributed by atoms with E-state index in [1.54, 1.807) is 0 Å². The fourth-order valence-corrected chi connectivity index (χ4v) is 1.65. The Morgan fingerprint density at radius 1 is 1.28 bits per heavy atom. The number of nitrogens with zero attached hydrogens (tertiary/aromatic N) is 4. The van der Waals surface area contributed by atoms with Gasteiger partial charge < -0.3 is 10.2 Å². The summed E-state index contributed by atoms with van der Waals surface area (Å²) in [5, 5.41) is 12.6. The van der Waals surface area contributed by atoms with Gasteiger partial charge in [0.25, 0.3) is 0 Å². The predicted octanol–water partition coefficient (Wildman–Crippen LogP) is -1.37. The van der Waals surface area contributed by atoms with Crippen molar-refractivity contribution < 1.29 is 9.59 Å². The number of aromatic nitrogens is 3. The van der Waals surface area contributed by atoms with Crippen molar-refractivity contribution in [3.05, 3.63) is 12.4 Å². The van der Waals surface area contributed by atoms with Gasteiger partial charge in [0.15, 0.2) is 0 Å². The number of nitrogens with one attached hydrogen (secondary N) is 2. The number of carbonyl (C=O) groups excluding carboxylic acids is 2. The van der Waals surface area contributed by atoms with E-state index in [-0.39, 0.29) is 5.95 Å². The lowest BCUT2D eigenvalue weighted by Crippen LogP contribution is -2.41. The van der Waals surface area contributed by atoms with Crippen molar-refractivity contribution in [1.82, 2.24) is 25.4 Å². The number of amides is 2. The van der Waals surface area contributed by atoms with Crippen LogP contribution in [0.5, 0.6) is 0 Å². The molecule has 0 aliphatic carbocycles. The van der Waals surface area contributed by atoms with Crippen LogP contribution < -0.4 is 10.6 Å². The first kappa shape index (κ1) is 12.4. The Labute approximate surface area is 104 Å². The van der Waals surface area contributed by atoms with Crippen LogP contribution in [0.15, 0.2) is 12.4 Å². The third kappa shape index (κ3) is 3.20. The number of hydrogen-bond acceptors (Lipinski definition) is 6. The molecule has 2 amide bonds. The van der Waals surface area contributed by atoms with Crippen LogP contribution in [0, 0.1) is 0 Å². The molecule has 96 valence electrons. The minimum atomic E-state index is -0.732. The predicted molar refractivity (Wildman–Crippen MR) is 62.5 cm³/mol. The van der Waals surface area contributed by atoms with E-state index in [2.05, 4.69) is 25.8 Å². The molecule has 1 fully saturated rings. The van der Waals surface area contributed by atoms with Gasteiger partial charge >= 0.3 is 11.8 Å². The Hall–Kier alpha value is -2.09. The van der Waals surface area contributed by atoms with E-state index in [1.165, 1.54) is 17.3 Å². The highest BCUT2D eigenvalue weighted by molar-refractivity contribution is 6.39. The average Bonchev–Trinajstić information content (AvgIpc) is 2.68. The molecular formula is C10H14N6O2. The molecule has 2 N–H and O–H groups in total. The molecule has 0 unspecified atom stereocenters. The standard InChI is InChI=1S/C10H14N6O2/c17-8(14-10-12-3-4-13-15-10)9(18)16-6-1-2-11-5-7-16/h3-4,11H,1-2,5-7H2,(H,12,14,15,17). The molecule has 0 aromatic carbocycles.